The number of rotatable bonds is 0. The summed E-state index contributed by atoms with van der Waals surface area (Å²) in [5.74, 6) is 0.0306. The maximum absolute atomic E-state index is 9.40. The van der Waals surface area contributed by atoms with Crippen LogP contribution in [0.1, 0.15) is 26.5 Å². The van der Waals surface area contributed by atoms with E-state index in [1.54, 1.807) is 0 Å². The van der Waals surface area contributed by atoms with Crippen molar-refractivity contribution >= 4 is 0 Å². The lowest BCUT2D eigenvalue weighted by atomic mass is 9.91. The van der Waals surface area contributed by atoms with Crippen LogP contribution in [0, 0.1) is 0 Å². The van der Waals surface area contributed by atoms with Crippen molar-refractivity contribution in [3.05, 3.63) is 18.0 Å². The highest BCUT2D eigenvalue weighted by molar-refractivity contribution is 5.36. The first-order valence-electron chi connectivity index (χ1n) is 3.80. The van der Waals surface area contributed by atoms with E-state index in [2.05, 4.69) is 4.98 Å². The molecule has 1 aromatic heterocycles. The van der Waals surface area contributed by atoms with Gasteiger partial charge in [0, 0.05) is 11.5 Å². The first-order valence-corrected chi connectivity index (χ1v) is 3.80. The first-order chi connectivity index (χ1) is 5.41. The third kappa shape index (κ3) is 1.67. The van der Waals surface area contributed by atoms with E-state index in [-0.39, 0.29) is 16.9 Å². The summed E-state index contributed by atoms with van der Waals surface area (Å²) in [6.45, 7) is 5.85. The fraction of sp³-hybridized carbons (Fsp3) is 0.444. The molecule has 0 spiro atoms. The molecule has 0 aliphatic heterocycles. The molecular weight excluding hydrogens is 154 g/mol. The molecule has 0 bridgehead atoms. The van der Waals surface area contributed by atoms with E-state index in [0.29, 0.717) is 5.69 Å². The van der Waals surface area contributed by atoms with Gasteiger partial charge in [-0.3, -0.25) is 4.98 Å². The Morgan fingerprint density at radius 2 is 1.83 bits per heavy atom. The highest BCUT2D eigenvalue weighted by atomic mass is 16.3. The minimum absolute atomic E-state index is 0.0134. The van der Waals surface area contributed by atoms with Gasteiger partial charge in [-0.05, 0) is 0 Å². The van der Waals surface area contributed by atoms with E-state index < -0.39 is 0 Å². The van der Waals surface area contributed by atoms with Crippen LogP contribution < -0.4 is 0 Å². The number of hydrogen-bond acceptors (Lipinski definition) is 3. The molecule has 12 heavy (non-hydrogen) atoms. The summed E-state index contributed by atoms with van der Waals surface area (Å²) in [5.41, 5.74) is 0.401. The Morgan fingerprint density at radius 3 is 2.25 bits per heavy atom. The van der Waals surface area contributed by atoms with Gasteiger partial charge in [-0.15, -0.1) is 0 Å². The van der Waals surface area contributed by atoms with E-state index >= 15 is 0 Å². The molecule has 0 saturated heterocycles. The van der Waals surface area contributed by atoms with E-state index in [1.165, 1.54) is 12.3 Å². The van der Waals surface area contributed by atoms with Crippen LogP contribution in [0.4, 0.5) is 0 Å². The number of aromatic nitrogens is 1. The lowest BCUT2D eigenvalue weighted by Gasteiger charge is -2.18. The van der Waals surface area contributed by atoms with Gasteiger partial charge < -0.3 is 10.2 Å². The standard InChI is InChI=1S/C9H13NO2/c1-9(2,3)8-7(12)4-6(11)5-10-8/h4-5,11-12H,1-3H3. The smallest absolute Gasteiger partial charge is 0.141 e. The molecule has 1 aromatic rings. The first kappa shape index (κ1) is 8.84. The van der Waals surface area contributed by atoms with Crippen LogP contribution in [0.25, 0.3) is 0 Å². The van der Waals surface area contributed by atoms with Crippen LogP contribution in [-0.2, 0) is 5.41 Å². The van der Waals surface area contributed by atoms with Gasteiger partial charge in [0.15, 0.2) is 0 Å². The topological polar surface area (TPSA) is 53.4 Å². The predicted molar refractivity (Wildman–Crippen MR) is 46.3 cm³/mol. The third-order valence-electron chi connectivity index (χ3n) is 1.56. The molecule has 0 amide bonds. The van der Waals surface area contributed by atoms with E-state index in [9.17, 15) is 5.11 Å². The van der Waals surface area contributed by atoms with Gasteiger partial charge in [0.25, 0.3) is 0 Å². The summed E-state index contributed by atoms with van der Waals surface area (Å²) in [6.07, 6.45) is 1.33. The Balaban J connectivity index is 3.19. The Kier molecular flexibility index (Phi) is 1.96. The SMILES string of the molecule is CC(C)(C)c1ncc(O)cc1O. The van der Waals surface area contributed by atoms with Gasteiger partial charge in [-0.25, -0.2) is 0 Å². The lowest BCUT2D eigenvalue weighted by Crippen LogP contribution is -2.13. The largest absolute Gasteiger partial charge is 0.506 e. The molecule has 0 saturated carbocycles. The van der Waals surface area contributed by atoms with Crippen LogP contribution in [-0.4, -0.2) is 15.2 Å². The Morgan fingerprint density at radius 1 is 1.25 bits per heavy atom. The molecular formula is C9H13NO2. The van der Waals surface area contributed by atoms with Gasteiger partial charge in [0.05, 0.1) is 11.9 Å². The van der Waals surface area contributed by atoms with Gasteiger partial charge in [0.2, 0.25) is 0 Å². The zero-order valence-electron chi connectivity index (χ0n) is 7.50. The summed E-state index contributed by atoms with van der Waals surface area (Å²) in [5, 5.41) is 18.4. The zero-order chi connectivity index (χ0) is 9.35. The van der Waals surface area contributed by atoms with Crippen molar-refractivity contribution in [1.29, 1.82) is 0 Å². The van der Waals surface area contributed by atoms with E-state index in [1.807, 2.05) is 20.8 Å². The number of nitrogens with zero attached hydrogens (tertiary/aromatic N) is 1. The van der Waals surface area contributed by atoms with Crippen LogP contribution in [0.5, 0.6) is 11.5 Å². The number of hydrogen-bond donors (Lipinski definition) is 2. The van der Waals surface area contributed by atoms with Gasteiger partial charge in [-0.2, -0.15) is 0 Å². The summed E-state index contributed by atoms with van der Waals surface area (Å²) < 4.78 is 0. The monoisotopic (exact) mass is 167 g/mol. The summed E-state index contributed by atoms with van der Waals surface area (Å²) in [4.78, 5) is 3.95. The Labute approximate surface area is 71.7 Å². The Hall–Kier alpha value is -1.25. The van der Waals surface area contributed by atoms with Crippen molar-refractivity contribution in [3.63, 3.8) is 0 Å². The minimum Gasteiger partial charge on any atom is -0.506 e. The molecule has 3 heteroatoms. The van der Waals surface area contributed by atoms with Crippen LogP contribution in [0.3, 0.4) is 0 Å². The average Bonchev–Trinajstić information content (AvgIpc) is 1.83. The molecule has 3 nitrogen and oxygen atoms in total. The van der Waals surface area contributed by atoms with Crippen molar-refractivity contribution in [2.75, 3.05) is 0 Å². The predicted octanol–water partition coefficient (Wildman–Crippen LogP) is 1.79. The van der Waals surface area contributed by atoms with Gasteiger partial charge in [-0.1, -0.05) is 20.8 Å². The highest BCUT2D eigenvalue weighted by Crippen LogP contribution is 2.30. The molecule has 0 aromatic carbocycles. The quantitative estimate of drug-likeness (QED) is 0.619. The maximum Gasteiger partial charge on any atom is 0.141 e. The van der Waals surface area contributed by atoms with Crippen LogP contribution >= 0.6 is 0 Å². The number of aromatic hydroxyl groups is 2. The summed E-state index contributed by atoms with van der Waals surface area (Å²) in [6, 6.07) is 1.30. The van der Waals surface area contributed by atoms with Crippen molar-refractivity contribution < 1.29 is 10.2 Å². The molecule has 0 aliphatic rings. The maximum atomic E-state index is 9.40. The summed E-state index contributed by atoms with van der Waals surface area (Å²) in [7, 11) is 0. The lowest BCUT2D eigenvalue weighted by molar-refractivity contribution is 0.421. The molecule has 66 valence electrons. The van der Waals surface area contributed by atoms with Crippen molar-refractivity contribution in [2.24, 2.45) is 0 Å². The second-order valence-corrected chi connectivity index (χ2v) is 3.81. The summed E-state index contributed by atoms with van der Waals surface area (Å²) >= 11 is 0. The van der Waals surface area contributed by atoms with Crippen molar-refractivity contribution in [3.8, 4) is 11.5 Å². The second kappa shape index (κ2) is 2.66. The zero-order valence-corrected chi connectivity index (χ0v) is 7.50. The second-order valence-electron chi connectivity index (χ2n) is 3.81. The number of pyridine rings is 1. The highest BCUT2D eigenvalue weighted by Gasteiger charge is 2.19. The normalized spacial score (nSPS) is 11.6. The Bertz CT molecular complexity index is 289. The fourth-order valence-electron chi connectivity index (χ4n) is 1.02. The molecule has 0 unspecified atom stereocenters. The molecule has 2 N–H and O–H groups in total. The van der Waals surface area contributed by atoms with Crippen LogP contribution in [0.15, 0.2) is 12.3 Å². The molecule has 1 heterocycles. The average molecular weight is 167 g/mol. The molecule has 0 aliphatic carbocycles. The molecule has 1 rings (SSSR count). The fourth-order valence-corrected chi connectivity index (χ4v) is 1.02. The van der Waals surface area contributed by atoms with E-state index in [4.69, 9.17) is 5.11 Å². The minimum atomic E-state index is -0.197. The van der Waals surface area contributed by atoms with Crippen LogP contribution in [0.2, 0.25) is 0 Å². The third-order valence-corrected chi connectivity index (χ3v) is 1.56. The van der Waals surface area contributed by atoms with Gasteiger partial charge >= 0.3 is 0 Å². The van der Waals surface area contributed by atoms with E-state index in [0.717, 1.165) is 0 Å². The van der Waals surface area contributed by atoms with Crippen molar-refractivity contribution in [1.82, 2.24) is 4.98 Å². The molecule has 0 radical (unpaired) electrons. The van der Waals surface area contributed by atoms with Crippen molar-refractivity contribution in [2.45, 2.75) is 26.2 Å². The molecule has 0 fully saturated rings. The molecule has 0 atom stereocenters. The van der Waals surface area contributed by atoms with Gasteiger partial charge in [0.1, 0.15) is 11.5 Å².